The van der Waals surface area contributed by atoms with Gasteiger partial charge in [0, 0.05) is 25.2 Å². The second-order valence-electron chi connectivity index (χ2n) is 6.65. The molecule has 26 heavy (non-hydrogen) atoms. The van der Waals surface area contributed by atoms with Crippen LogP contribution >= 0.6 is 0 Å². The Balaban J connectivity index is 4.79. The summed E-state index contributed by atoms with van der Waals surface area (Å²) in [6, 6.07) is -0.144. The molecular formula is C16H30N4O6. The highest BCUT2D eigenvalue weighted by molar-refractivity contribution is 5.80. The number of carboxylic acids is 2. The van der Waals surface area contributed by atoms with Gasteiger partial charge in [-0.15, -0.1) is 0 Å². The van der Waals surface area contributed by atoms with Crippen LogP contribution in [0, 0.1) is 0 Å². The zero-order valence-electron chi connectivity index (χ0n) is 15.8. The molecule has 0 aromatic carbocycles. The maximum Gasteiger partial charge on any atom is 0.317 e. The molecule has 0 fully saturated rings. The van der Waals surface area contributed by atoms with Crippen LogP contribution in [0.2, 0.25) is 0 Å². The Labute approximate surface area is 153 Å². The summed E-state index contributed by atoms with van der Waals surface area (Å²) in [5, 5.41) is 23.3. The number of carboxylic acid groups (broad SMARTS) is 2. The standard InChI is InChI=1S/C16H30N4O6/c1-11(2)17-13(21)7-19(9-15(23)24)5-6-20(10-16(25)26)8-14(22)18-12(3)4/h11-12H,5-10H2,1-4H3,(H,17,21)(H,18,22)(H,23,24)(H,25,26). The minimum atomic E-state index is -1.09. The summed E-state index contributed by atoms with van der Waals surface area (Å²) < 4.78 is 0. The van der Waals surface area contributed by atoms with E-state index in [1.165, 1.54) is 9.80 Å². The van der Waals surface area contributed by atoms with Gasteiger partial charge in [-0.3, -0.25) is 29.0 Å². The van der Waals surface area contributed by atoms with Gasteiger partial charge in [0.25, 0.3) is 0 Å². The van der Waals surface area contributed by atoms with Gasteiger partial charge >= 0.3 is 11.9 Å². The molecule has 0 atom stereocenters. The topological polar surface area (TPSA) is 139 Å². The van der Waals surface area contributed by atoms with Gasteiger partial charge in [-0.25, -0.2) is 0 Å². The molecule has 0 aliphatic rings. The van der Waals surface area contributed by atoms with E-state index in [-0.39, 0.29) is 63.2 Å². The van der Waals surface area contributed by atoms with Crippen LogP contribution in [0.25, 0.3) is 0 Å². The van der Waals surface area contributed by atoms with E-state index in [1.54, 1.807) is 27.7 Å². The van der Waals surface area contributed by atoms with Crippen LogP contribution in [0.3, 0.4) is 0 Å². The Morgan fingerprint density at radius 3 is 1.23 bits per heavy atom. The first-order chi connectivity index (χ1) is 12.0. The number of nitrogens with one attached hydrogen (secondary N) is 2. The molecule has 0 aliphatic heterocycles. The second-order valence-corrected chi connectivity index (χ2v) is 6.65. The molecule has 0 heterocycles. The molecule has 150 valence electrons. The number of aliphatic carboxylic acids is 2. The Morgan fingerprint density at radius 2 is 1.00 bits per heavy atom. The molecule has 0 radical (unpaired) electrons. The van der Waals surface area contributed by atoms with Crippen LogP contribution in [-0.2, 0) is 19.2 Å². The fraction of sp³-hybridized carbons (Fsp3) is 0.750. The van der Waals surface area contributed by atoms with Gasteiger partial charge in [-0.2, -0.15) is 0 Å². The average Bonchev–Trinajstić information content (AvgIpc) is 2.41. The first kappa shape index (κ1) is 23.8. The van der Waals surface area contributed by atoms with Crippen molar-refractivity contribution in [2.24, 2.45) is 0 Å². The molecule has 0 aliphatic carbocycles. The fourth-order valence-corrected chi connectivity index (χ4v) is 2.23. The second kappa shape index (κ2) is 12.2. The molecule has 4 N–H and O–H groups in total. The maximum atomic E-state index is 11.8. The van der Waals surface area contributed by atoms with E-state index in [0.717, 1.165) is 0 Å². The predicted molar refractivity (Wildman–Crippen MR) is 94.7 cm³/mol. The largest absolute Gasteiger partial charge is 0.480 e. The summed E-state index contributed by atoms with van der Waals surface area (Å²) >= 11 is 0. The molecule has 10 heteroatoms. The Morgan fingerprint density at radius 1 is 0.692 bits per heavy atom. The quantitative estimate of drug-likeness (QED) is 0.316. The Bertz CT molecular complexity index is 451. The van der Waals surface area contributed by atoms with Crippen molar-refractivity contribution in [3.05, 3.63) is 0 Å². The van der Waals surface area contributed by atoms with Gasteiger partial charge in [-0.05, 0) is 27.7 Å². The van der Waals surface area contributed by atoms with E-state index in [1.807, 2.05) is 0 Å². The van der Waals surface area contributed by atoms with E-state index in [4.69, 9.17) is 10.2 Å². The zero-order chi connectivity index (χ0) is 20.3. The van der Waals surface area contributed by atoms with Gasteiger partial charge in [0.15, 0.2) is 0 Å². The molecule has 0 spiro atoms. The molecule has 2 amide bonds. The normalized spacial score (nSPS) is 11.2. The number of amides is 2. The molecular weight excluding hydrogens is 344 g/mol. The van der Waals surface area contributed by atoms with E-state index < -0.39 is 11.9 Å². The van der Waals surface area contributed by atoms with Crippen LogP contribution in [-0.4, -0.2) is 95.1 Å². The van der Waals surface area contributed by atoms with Crippen LogP contribution in [0.4, 0.5) is 0 Å². The smallest absolute Gasteiger partial charge is 0.317 e. The highest BCUT2D eigenvalue weighted by Gasteiger charge is 2.19. The molecule has 0 rings (SSSR count). The third-order valence-corrected chi connectivity index (χ3v) is 3.08. The van der Waals surface area contributed by atoms with Crippen molar-refractivity contribution >= 4 is 23.8 Å². The molecule has 0 aromatic rings. The fourth-order valence-electron chi connectivity index (χ4n) is 2.23. The summed E-state index contributed by atoms with van der Waals surface area (Å²) in [6.45, 7) is 6.49. The summed E-state index contributed by atoms with van der Waals surface area (Å²) in [5.74, 6) is -2.82. The van der Waals surface area contributed by atoms with Crippen LogP contribution in [0.15, 0.2) is 0 Å². The monoisotopic (exact) mass is 374 g/mol. The lowest BCUT2D eigenvalue weighted by Crippen LogP contribution is -2.47. The highest BCUT2D eigenvalue weighted by Crippen LogP contribution is 1.95. The lowest BCUT2D eigenvalue weighted by Gasteiger charge is -2.25. The van der Waals surface area contributed by atoms with Crippen molar-refractivity contribution in [1.82, 2.24) is 20.4 Å². The van der Waals surface area contributed by atoms with Crippen LogP contribution in [0.5, 0.6) is 0 Å². The molecule has 0 aromatic heterocycles. The molecule has 0 saturated carbocycles. The van der Waals surface area contributed by atoms with Crippen molar-refractivity contribution in [3.8, 4) is 0 Å². The minimum absolute atomic E-state index is 0.0718. The zero-order valence-corrected chi connectivity index (χ0v) is 15.8. The number of carbonyl (C=O) groups is 4. The highest BCUT2D eigenvalue weighted by atomic mass is 16.4. The van der Waals surface area contributed by atoms with E-state index in [2.05, 4.69) is 10.6 Å². The van der Waals surface area contributed by atoms with Crippen LogP contribution < -0.4 is 10.6 Å². The SMILES string of the molecule is CC(C)NC(=O)CN(CCN(CC(=O)O)CC(=O)NC(C)C)CC(=O)O. The van der Waals surface area contributed by atoms with Crippen molar-refractivity contribution in [2.45, 2.75) is 39.8 Å². The Hall–Kier alpha value is -2.20. The summed E-state index contributed by atoms with van der Waals surface area (Å²) in [4.78, 5) is 48.5. The van der Waals surface area contributed by atoms with E-state index >= 15 is 0 Å². The number of carbonyl (C=O) groups excluding carboxylic acids is 2. The average molecular weight is 374 g/mol. The third kappa shape index (κ3) is 13.1. The molecule has 0 unspecified atom stereocenters. The number of nitrogens with zero attached hydrogens (tertiary/aromatic N) is 2. The molecule has 10 nitrogen and oxygen atoms in total. The number of rotatable bonds is 13. The van der Waals surface area contributed by atoms with Crippen molar-refractivity contribution in [1.29, 1.82) is 0 Å². The summed E-state index contributed by atoms with van der Waals surface area (Å²) in [7, 11) is 0. The van der Waals surface area contributed by atoms with Gasteiger partial charge < -0.3 is 20.8 Å². The maximum absolute atomic E-state index is 11.8. The lowest BCUT2D eigenvalue weighted by atomic mass is 10.3. The van der Waals surface area contributed by atoms with Gasteiger partial charge in [0.2, 0.25) is 11.8 Å². The predicted octanol–water partition coefficient (Wildman–Crippen LogP) is -1.19. The number of hydrogen-bond acceptors (Lipinski definition) is 6. The minimum Gasteiger partial charge on any atom is -0.480 e. The number of hydrogen-bond donors (Lipinski definition) is 4. The van der Waals surface area contributed by atoms with Gasteiger partial charge in [0.1, 0.15) is 0 Å². The van der Waals surface area contributed by atoms with Gasteiger partial charge in [0.05, 0.1) is 26.2 Å². The first-order valence-electron chi connectivity index (χ1n) is 8.46. The van der Waals surface area contributed by atoms with Gasteiger partial charge in [-0.1, -0.05) is 0 Å². The van der Waals surface area contributed by atoms with Crippen LogP contribution in [0.1, 0.15) is 27.7 Å². The molecule has 0 saturated heterocycles. The summed E-state index contributed by atoms with van der Waals surface area (Å²) in [5.41, 5.74) is 0. The third-order valence-electron chi connectivity index (χ3n) is 3.08. The molecule has 0 bridgehead atoms. The lowest BCUT2D eigenvalue weighted by molar-refractivity contribution is -0.141. The van der Waals surface area contributed by atoms with E-state index in [0.29, 0.717) is 0 Å². The van der Waals surface area contributed by atoms with E-state index in [9.17, 15) is 19.2 Å². The summed E-state index contributed by atoms with van der Waals surface area (Å²) in [6.07, 6.45) is 0. The van der Waals surface area contributed by atoms with Crippen molar-refractivity contribution in [3.63, 3.8) is 0 Å². The van der Waals surface area contributed by atoms with Crippen molar-refractivity contribution in [2.75, 3.05) is 39.3 Å². The first-order valence-corrected chi connectivity index (χ1v) is 8.46. The Kier molecular flexibility index (Phi) is 11.2. The van der Waals surface area contributed by atoms with Crippen molar-refractivity contribution < 1.29 is 29.4 Å².